The molecule has 2 aromatic rings. The van der Waals surface area contributed by atoms with Gasteiger partial charge < -0.3 is 14.5 Å². The third-order valence-corrected chi connectivity index (χ3v) is 6.70. The van der Waals surface area contributed by atoms with E-state index in [1.807, 2.05) is 6.92 Å². The smallest absolute Gasteiger partial charge is 0.336 e. The quantitative estimate of drug-likeness (QED) is 0.700. The van der Waals surface area contributed by atoms with Crippen LogP contribution in [-0.4, -0.2) is 24.6 Å². The highest BCUT2D eigenvalue weighted by molar-refractivity contribution is 6.32. The van der Waals surface area contributed by atoms with Crippen LogP contribution in [0.5, 0.6) is 5.75 Å². The van der Waals surface area contributed by atoms with Gasteiger partial charge in [-0.1, -0.05) is 18.0 Å². The third-order valence-electron chi connectivity index (χ3n) is 6.41. The van der Waals surface area contributed by atoms with Crippen LogP contribution in [0.25, 0.3) is 11.0 Å². The molecule has 1 aromatic heterocycles. The molecule has 2 fully saturated rings. The SMILES string of the molecule is Cc1cc(=O)oc2cc(OCC(=O)NC(=O)N[C@@H](C)[C@@H]3C[C@@H]4CC[C@@H]3C4)c(Cl)cc12. The zero-order valence-electron chi connectivity index (χ0n) is 17.0. The molecule has 8 heteroatoms. The molecule has 4 rings (SSSR count). The topological polar surface area (TPSA) is 97.6 Å². The van der Waals surface area contributed by atoms with Crippen LogP contribution in [0, 0.1) is 24.7 Å². The standard InChI is InChI=1S/C22H25ClN2O5/c1-11-5-21(27)30-18-9-19(17(23)8-15(11)18)29-10-20(26)25-22(28)24-12(2)16-7-13-3-4-14(16)6-13/h5,8-9,12-14,16H,3-4,6-7,10H2,1-2H3,(H2,24,25,26,28)/t12-,13+,14+,16-/m0/s1. The van der Waals surface area contributed by atoms with Crippen molar-refractivity contribution in [2.75, 3.05) is 6.61 Å². The highest BCUT2D eigenvalue weighted by atomic mass is 35.5. The van der Waals surface area contributed by atoms with E-state index in [-0.39, 0.29) is 16.8 Å². The van der Waals surface area contributed by atoms with Gasteiger partial charge in [0.1, 0.15) is 11.3 Å². The van der Waals surface area contributed by atoms with Crippen molar-refractivity contribution in [3.8, 4) is 5.75 Å². The lowest BCUT2D eigenvalue weighted by atomic mass is 9.84. The van der Waals surface area contributed by atoms with Crippen LogP contribution < -0.4 is 21.0 Å². The molecule has 0 saturated heterocycles. The molecule has 1 heterocycles. The summed E-state index contributed by atoms with van der Waals surface area (Å²) in [5.41, 5.74) is 0.568. The lowest BCUT2D eigenvalue weighted by molar-refractivity contribution is -0.122. The van der Waals surface area contributed by atoms with E-state index in [2.05, 4.69) is 10.6 Å². The molecule has 7 nitrogen and oxygen atoms in total. The van der Waals surface area contributed by atoms with Gasteiger partial charge in [0.25, 0.3) is 5.91 Å². The first-order chi connectivity index (χ1) is 14.3. The summed E-state index contributed by atoms with van der Waals surface area (Å²) in [5.74, 6) is 1.57. The second-order valence-corrected chi connectivity index (χ2v) is 8.87. The van der Waals surface area contributed by atoms with Crippen molar-refractivity contribution < 1.29 is 18.7 Å². The molecule has 3 amide bonds. The van der Waals surface area contributed by atoms with Gasteiger partial charge in [0.05, 0.1) is 5.02 Å². The Morgan fingerprint density at radius 2 is 2.07 bits per heavy atom. The molecule has 2 aliphatic carbocycles. The zero-order chi connectivity index (χ0) is 21.4. The summed E-state index contributed by atoms with van der Waals surface area (Å²) in [6.07, 6.45) is 4.95. The van der Waals surface area contributed by atoms with Crippen molar-refractivity contribution in [2.24, 2.45) is 17.8 Å². The number of benzene rings is 1. The average molecular weight is 433 g/mol. The Morgan fingerprint density at radius 3 is 2.77 bits per heavy atom. The molecule has 4 atom stereocenters. The summed E-state index contributed by atoms with van der Waals surface area (Å²) >= 11 is 6.22. The minimum atomic E-state index is -0.588. The number of fused-ring (bicyclic) bond motifs is 3. The number of hydrogen-bond acceptors (Lipinski definition) is 5. The number of hydrogen-bond donors (Lipinski definition) is 2. The molecule has 2 N–H and O–H groups in total. The van der Waals surface area contributed by atoms with E-state index in [9.17, 15) is 14.4 Å². The van der Waals surface area contributed by atoms with Crippen molar-refractivity contribution >= 4 is 34.5 Å². The van der Waals surface area contributed by atoms with Gasteiger partial charge in [0.15, 0.2) is 6.61 Å². The van der Waals surface area contributed by atoms with Crippen LogP contribution in [0.4, 0.5) is 4.79 Å². The molecule has 2 saturated carbocycles. The second-order valence-electron chi connectivity index (χ2n) is 8.46. The Labute approximate surface area is 179 Å². The number of amides is 3. The summed E-state index contributed by atoms with van der Waals surface area (Å²) in [6.45, 7) is 3.38. The molecular formula is C22H25ClN2O5. The number of carbonyl (C=O) groups excluding carboxylic acids is 2. The van der Waals surface area contributed by atoms with Crippen molar-refractivity contribution in [3.63, 3.8) is 0 Å². The largest absolute Gasteiger partial charge is 0.482 e. The number of imide groups is 1. The second kappa shape index (κ2) is 8.30. The Balaban J connectivity index is 1.31. The predicted octanol–water partition coefficient (Wildman–Crippen LogP) is 3.78. The third kappa shape index (κ3) is 4.31. The number of urea groups is 1. The number of halogens is 1. The van der Waals surface area contributed by atoms with Gasteiger partial charge in [-0.05, 0) is 62.5 Å². The maximum Gasteiger partial charge on any atom is 0.336 e. The van der Waals surface area contributed by atoms with Gasteiger partial charge in [0, 0.05) is 23.6 Å². The number of carbonyl (C=O) groups is 2. The highest BCUT2D eigenvalue weighted by Gasteiger charge is 2.42. The molecule has 160 valence electrons. The number of nitrogens with one attached hydrogen (secondary N) is 2. The van der Waals surface area contributed by atoms with Crippen LogP contribution in [0.2, 0.25) is 5.02 Å². The van der Waals surface area contributed by atoms with Crippen LogP contribution in [0.3, 0.4) is 0 Å². The van der Waals surface area contributed by atoms with Crippen molar-refractivity contribution in [2.45, 2.75) is 45.6 Å². The number of aryl methyl sites for hydroxylation is 1. The molecule has 0 aliphatic heterocycles. The Hall–Kier alpha value is -2.54. The molecule has 0 radical (unpaired) electrons. The molecular weight excluding hydrogens is 408 g/mol. The minimum absolute atomic E-state index is 0.0232. The fourth-order valence-electron chi connectivity index (χ4n) is 4.99. The first kappa shape index (κ1) is 20.7. The maximum absolute atomic E-state index is 12.2. The number of rotatable bonds is 5. The van der Waals surface area contributed by atoms with E-state index < -0.39 is 24.2 Å². The molecule has 2 bridgehead atoms. The molecule has 2 aliphatic rings. The molecule has 30 heavy (non-hydrogen) atoms. The summed E-state index contributed by atoms with van der Waals surface area (Å²) in [4.78, 5) is 35.9. The van der Waals surface area contributed by atoms with Crippen LogP contribution in [0.15, 0.2) is 27.4 Å². The van der Waals surface area contributed by atoms with E-state index in [1.165, 1.54) is 31.4 Å². The van der Waals surface area contributed by atoms with E-state index in [0.29, 0.717) is 22.8 Å². The fraction of sp³-hybridized carbons (Fsp3) is 0.500. The summed E-state index contributed by atoms with van der Waals surface area (Å²) < 4.78 is 10.6. The summed E-state index contributed by atoms with van der Waals surface area (Å²) in [7, 11) is 0. The normalized spacial score (nSPS) is 23.4. The molecule has 0 unspecified atom stereocenters. The molecule has 1 aromatic carbocycles. The van der Waals surface area contributed by atoms with Crippen LogP contribution in [0.1, 0.15) is 38.2 Å². The maximum atomic E-state index is 12.2. The lowest BCUT2D eigenvalue weighted by Gasteiger charge is -2.28. The fourth-order valence-corrected chi connectivity index (χ4v) is 5.21. The first-order valence-electron chi connectivity index (χ1n) is 10.3. The average Bonchev–Trinajstić information content (AvgIpc) is 3.30. The van der Waals surface area contributed by atoms with Gasteiger partial charge in [0.2, 0.25) is 0 Å². The van der Waals surface area contributed by atoms with Crippen molar-refractivity contribution in [1.82, 2.24) is 10.6 Å². The highest BCUT2D eigenvalue weighted by Crippen LogP contribution is 2.49. The van der Waals surface area contributed by atoms with Gasteiger partial charge in [-0.15, -0.1) is 0 Å². The Bertz CT molecular complexity index is 1050. The number of ether oxygens (including phenoxy) is 1. The summed E-state index contributed by atoms with van der Waals surface area (Å²) in [6, 6.07) is 3.96. The van der Waals surface area contributed by atoms with Crippen LogP contribution >= 0.6 is 11.6 Å². The van der Waals surface area contributed by atoms with Gasteiger partial charge in [-0.2, -0.15) is 0 Å². The molecule has 0 spiro atoms. The van der Waals surface area contributed by atoms with Crippen molar-refractivity contribution in [3.05, 3.63) is 39.2 Å². The van der Waals surface area contributed by atoms with E-state index in [4.69, 9.17) is 20.8 Å². The van der Waals surface area contributed by atoms with E-state index in [1.54, 1.807) is 13.0 Å². The van der Waals surface area contributed by atoms with Gasteiger partial charge in [-0.25, -0.2) is 9.59 Å². The van der Waals surface area contributed by atoms with E-state index in [0.717, 1.165) is 17.9 Å². The Morgan fingerprint density at radius 1 is 1.27 bits per heavy atom. The van der Waals surface area contributed by atoms with Gasteiger partial charge >= 0.3 is 11.7 Å². The minimum Gasteiger partial charge on any atom is -0.482 e. The summed E-state index contributed by atoms with van der Waals surface area (Å²) in [5, 5.41) is 6.14. The lowest BCUT2D eigenvalue weighted by Crippen LogP contribution is -2.48. The zero-order valence-corrected chi connectivity index (χ0v) is 17.8. The van der Waals surface area contributed by atoms with Gasteiger partial charge in [-0.3, -0.25) is 10.1 Å². The monoisotopic (exact) mass is 432 g/mol. The first-order valence-corrected chi connectivity index (χ1v) is 10.6. The Kier molecular flexibility index (Phi) is 5.73. The van der Waals surface area contributed by atoms with Crippen molar-refractivity contribution in [1.29, 1.82) is 0 Å². The van der Waals surface area contributed by atoms with E-state index >= 15 is 0 Å². The van der Waals surface area contributed by atoms with Crippen LogP contribution in [-0.2, 0) is 4.79 Å². The predicted molar refractivity (Wildman–Crippen MR) is 113 cm³/mol.